The molecule has 100 valence electrons. The predicted molar refractivity (Wildman–Crippen MR) is 69.9 cm³/mol. The van der Waals surface area contributed by atoms with Gasteiger partial charge < -0.3 is 20.5 Å². The first-order chi connectivity index (χ1) is 8.62. The molecule has 0 aromatic heterocycles. The first kappa shape index (κ1) is 14.3. The first-order valence-electron chi connectivity index (χ1n) is 5.87. The quantitative estimate of drug-likeness (QED) is 0.782. The van der Waals surface area contributed by atoms with Crippen LogP contribution >= 0.6 is 0 Å². The second-order valence-corrected chi connectivity index (χ2v) is 3.90. The number of methoxy groups -OCH3 is 1. The SMILES string of the molecule is CNC(=O)C(C)Oc1ccc(CCN)cc1OC. The Kier molecular flexibility index (Phi) is 5.45. The number of hydrogen-bond acceptors (Lipinski definition) is 4. The Balaban J connectivity index is 2.85. The summed E-state index contributed by atoms with van der Waals surface area (Å²) in [6.45, 7) is 2.27. The van der Waals surface area contributed by atoms with Gasteiger partial charge in [-0.15, -0.1) is 0 Å². The van der Waals surface area contributed by atoms with E-state index in [4.69, 9.17) is 15.2 Å². The van der Waals surface area contributed by atoms with Crippen molar-refractivity contribution in [2.75, 3.05) is 20.7 Å². The van der Waals surface area contributed by atoms with Gasteiger partial charge in [-0.2, -0.15) is 0 Å². The minimum absolute atomic E-state index is 0.178. The summed E-state index contributed by atoms with van der Waals surface area (Å²) in [5.74, 6) is 0.981. The lowest BCUT2D eigenvalue weighted by Gasteiger charge is -2.16. The Hall–Kier alpha value is -1.75. The molecule has 0 aliphatic heterocycles. The van der Waals surface area contributed by atoms with Crippen LogP contribution in [0, 0.1) is 0 Å². The third kappa shape index (κ3) is 3.63. The number of rotatable bonds is 6. The molecule has 0 saturated heterocycles. The number of nitrogens with one attached hydrogen (secondary N) is 1. The highest BCUT2D eigenvalue weighted by atomic mass is 16.5. The van der Waals surface area contributed by atoms with E-state index in [2.05, 4.69) is 5.32 Å². The lowest BCUT2D eigenvalue weighted by Crippen LogP contribution is -2.33. The van der Waals surface area contributed by atoms with Crippen LogP contribution in [0.4, 0.5) is 0 Å². The van der Waals surface area contributed by atoms with Crippen LogP contribution < -0.4 is 20.5 Å². The van der Waals surface area contributed by atoms with E-state index in [-0.39, 0.29) is 5.91 Å². The summed E-state index contributed by atoms with van der Waals surface area (Å²) in [6.07, 6.45) is 0.214. The van der Waals surface area contributed by atoms with Crippen molar-refractivity contribution in [1.29, 1.82) is 0 Å². The second kappa shape index (κ2) is 6.86. The molecule has 1 aromatic carbocycles. The van der Waals surface area contributed by atoms with Gasteiger partial charge in [-0.25, -0.2) is 0 Å². The summed E-state index contributed by atoms with van der Waals surface area (Å²) < 4.78 is 10.8. The second-order valence-electron chi connectivity index (χ2n) is 3.90. The summed E-state index contributed by atoms with van der Waals surface area (Å²) >= 11 is 0. The maximum atomic E-state index is 11.4. The van der Waals surface area contributed by atoms with Gasteiger partial charge >= 0.3 is 0 Å². The Bertz CT molecular complexity index is 407. The molecule has 0 heterocycles. The van der Waals surface area contributed by atoms with E-state index in [1.54, 1.807) is 27.1 Å². The van der Waals surface area contributed by atoms with Gasteiger partial charge in [0.15, 0.2) is 17.6 Å². The Morgan fingerprint density at radius 3 is 2.72 bits per heavy atom. The van der Waals surface area contributed by atoms with E-state index in [0.29, 0.717) is 18.0 Å². The summed E-state index contributed by atoms with van der Waals surface area (Å²) in [4.78, 5) is 11.4. The molecule has 1 rings (SSSR count). The average molecular weight is 252 g/mol. The number of nitrogens with two attached hydrogens (primary N) is 1. The van der Waals surface area contributed by atoms with E-state index in [9.17, 15) is 4.79 Å². The number of amides is 1. The molecule has 1 aromatic rings. The van der Waals surface area contributed by atoms with Crippen LogP contribution in [0.5, 0.6) is 11.5 Å². The van der Waals surface area contributed by atoms with Crippen LogP contribution in [0.25, 0.3) is 0 Å². The van der Waals surface area contributed by atoms with Crippen molar-refractivity contribution in [2.24, 2.45) is 5.73 Å². The largest absolute Gasteiger partial charge is 0.493 e. The van der Waals surface area contributed by atoms with E-state index in [1.165, 1.54) is 0 Å². The molecule has 0 bridgehead atoms. The minimum Gasteiger partial charge on any atom is -0.493 e. The molecule has 0 aliphatic carbocycles. The van der Waals surface area contributed by atoms with Crippen molar-refractivity contribution in [3.05, 3.63) is 23.8 Å². The fourth-order valence-corrected chi connectivity index (χ4v) is 1.58. The van der Waals surface area contributed by atoms with Crippen LogP contribution in [0.1, 0.15) is 12.5 Å². The predicted octanol–water partition coefficient (Wildman–Crippen LogP) is 0.710. The Labute approximate surface area is 107 Å². The van der Waals surface area contributed by atoms with Gasteiger partial charge in [0.2, 0.25) is 0 Å². The van der Waals surface area contributed by atoms with Gasteiger partial charge in [-0.1, -0.05) is 6.07 Å². The highest BCUT2D eigenvalue weighted by Gasteiger charge is 2.15. The number of likely N-dealkylation sites (N-methyl/N-ethyl adjacent to an activating group) is 1. The average Bonchev–Trinajstić information content (AvgIpc) is 2.39. The smallest absolute Gasteiger partial charge is 0.260 e. The fourth-order valence-electron chi connectivity index (χ4n) is 1.58. The molecule has 0 radical (unpaired) electrons. The standard InChI is InChI=1S/C13H20N2O3/c1-9(13(16)15-2)18-11-5-4-10(6-7-14)8-12(11)17-3/h4-5,8-9H,6-7,14H2,1-3H3,(H,15,16). The van der Waals surface area contributed by atoms with Crippen molar-refractivity contribution in [3.63, 3.8) is 0 Å². The zero-order valence-corrected chi connectivity index (χ0v) is 11.0. The van der Waals surface area contributed by atoms with Gasteiger partial charge in [0.05, 0.1) is 7.11 Å². The summed E-state index contributed by atoms with van der Waals surface area (Å²) in [6, 6.07) is 5.59. The van der Waals surface area contributed by atoms with Crippen LogP contribution in [-0.2, 0) is 11.2 Å². The molecule has 0 aliphatic rings. The van der Waals surface area contributed by atoms with Crippen LogP contribution in [0.15, 0.2) is 18.2 Å². The molecule has 1 amide bonds. The molecule has 0 spiro atoms. The topological polar surface area (TPSA) is 73.6 Å². The zero-order valence-electron chi connectivity index (χ0n) is 11.0. The van der Waals surface area contributed by atoms with E-state index in [1.807, 2.05) is 12.1 Å². The van der Waals surface area contributed by atoms with Crippen molar-refractivity contribution in [2.45, 2.75) is 19.4 Å². The van der Waals surface area contributed by atoms with Crippen LogP contribution in [0.2, 0.25) is 0 Å². The molecule has 3 N–H and O–H groups in total. The number of carbonyl (C=O) groups excluding carboxylic acids is 1. The first-order valence-corrected chi connectivity index (χ1v) is 5.87. The Morgan fingerprint density at radius 1 is 1.44 bits per heavy atom. The maximum absolute atomic E-state index is 11.4. The molecule has 1 atom stereocenters. The summed E-state index contributed by atoms with van der Waals surface area (Å²) in [5.41, 5.74) is 6.58. The minimum atomic E-state index is -0.566. The molecular weight excluding hydrogens is 232 g/mol. The molecule has 1 unspecified atom stereocenters. The fraction of sp³-hybridized carbons (Fsp3) is 0.462. The third-order valence-corrected chi connectivity index (χ3v) is 2.58. The number of hydrogen-bond donors (Lipinski definition) is 2. The number of carbonyl (C=O) groups is 1. The maximum Gasteiger partial charge on any atom is 0.260 e. The number of benzene rings is 1. The molecule has 0 fully saturated rings. The van der Waals surface area contributed by atoms with Gasteiger partial charge in [0.1, 0.15) is 0 Å². The van der Waals surface area contributed by atoms with Crippen LogP contribution in [-0.4, -0.2) is 32.7 Å². The summed E-state index contributed by atoms with van der Waals surface area (Å²) in [5, 5.41) is 2.53. The van der Waals surface area contributed by atoms with E-state index < -0.39 is 6.10 Å². The molecule has 0 saturated carbocycles. The van der Waals surface area contributed by atoms with Gasteiger partial charge in [0.25, 0.3) is 5.91 Å². The molecule has 18 heavy (non-hydrogen) atoms. The zero-order chi connectivity index (χ0) is 13.5. The van der Waals surface area contributed by atoms with Gasteiger partial charge in [0, 0.05) is 7.05 Å². The molecule has 5 heteroatoms. The van der Waals surface area contributed by atoms with Crippen molar-refractivity contribution in [1.82, 2.24) is 5.32 Å². The third-order valence-electron chi connectivity index (χ3n) is 2.58. The lowest BCUT2D eigenvalue weighted by molar-refractivity contribution is -0.126. The Morgan fingerprint density at radius 2 is 2.17 bits per heavy atom. The van der Waals surface area contributed by atoms with Crippen LogP contribution in [0.3, 0.4) is 0 Å². The lowest BCUT2D eigenvalue weighted by atomic mass is 10.1. The molecular formula is C13H20N2O3. The monoisotopic (exact) mass is 252 g/mol. The van der Waals surface area contributed by atoms with E-state index >= 15 is 0 Å². The highest BCUT2D eigenvalue weighted by molar-refractivity contribution is 5.80. The van der Waals surface area contributed by atoms with Gasteiger partial charge in [-0.05, 0) is 37.6 Å². The van der Waals surface area contributed by atoms with Crippen molar-refractivity contribution in [3.8, 4) is 11.5 Å². The summed E-state index contributed by atoms with van der Waals surface area (Å²) in [7, 11) is 3.14. The van der Waals surface area contributed by atoms with Crippen molar-refractivity contribution >= 4 is 5.91 Å². The van der Waals surface area contributed by atoms with Crippen molar-refractivity contribution < 1.29 is 14.3 Å². The van der Waals surface area contributed by atoms with Gasteiger partial charge in [-0.3, -0.25) is 4.79 Å². The van der Waals surface area contributed by atoms with E-state index in [0.717, 1.165) is 12.0 Å². The normalized spacial score (nSPS) is 11.8. The number of ether oxygens (including phenoxy) is 2. The highest BCUT2D eigenvalue weighted by Crippen LogP contribution is 2.29. The molecule has 5 nitrogen and oxygen atoms in total.